The van der Waals surface area contributed by atoms with E-state index >= 15 is 0 Å². The Labute approximate surface area is 91.0 Å². The van der Waals surface area contributed by atoms with Crippen LogP contribution >= 0.6 is 0 Å². The van der Waals surface area contributed by atoms with Crippen LogP contribution in [0.25, 0.3) is 0 Å². The number of hydrogen-bond acceptors (Lipinski definition) is 6. The van der Waals surface area contributed by atoms with Gasteiger partial charge in [0, 0.05) is 0 Å². The van der Waals surface area contributed by atoms with Gasteiger partial charge in [0.05, 0.1) is 11.9 Å². The Bertz CT molecular complexity index is 513. The normalized spacial score (nSPS) is 10.8. The standard InChI is InChI=1S/C10H8N4O2/c15-8-6-11-10(12-9(8)16)14-13-7-4-2-1-3-5-7/h1-6,15H,(H,11,12,16). The van der Waals surface area contributed by atoms with Gasteiger partial charge in [-0.1, -0.05) is 18.2 Å². The summed E-state index contributed by atoms with van der Waals surface area (Å²) in [5.41, 5.74) is 0.652. The maximum Gasteiger partial charge on any atom is 0.272 e. The molecular weight excluding hydrogens is 208 g/mol. The second kappa shape index (κ2) is 4.35. The van der Waals surface area contributed by atoms with Crippen LogP contribution < -0.4 is 0 Å². The number of hydrogen-bond donors (Lipinski definition) is 2. The zero-order chi connectivity index (χ0) is 11.4. The number of aromatic hydroxyl groups is 2. The smallest absolute Gasteiger partial charge is 0.272 e. The number of benzene rings is 1. The second-order valence-electron chi connectivity index (χ2n) is 2.91. The molecule has 0 aliphatic carbocycles. The highest BCUT2D eigenvalue weighted by atomic mass is 16.3. The van der Waals surface area contributed by atoms with Gasteiger partial charge < -0.3 is 10.2 Å². The Morgan fingerprint density at radius 1 is 1.00 bits per heavy atom. The Morgan fingerprint density at radius 3 is 2.44 bits per heavy atom. The Kier molecular flexibility index (Phi) is 2.73. The van der Waals surface area contributed by atoms with Gasteiger partial charge in [-0.05, 0) is 12.1 Å². The SMILES string of the molecule is Oc1cnc(N=Nc2ccccc2)nc1O. The van der Waals surface area contributed by atoms with E-state index in [0.717, 1.165) is 6.20 Å². The highest BCUT2D eigenvalue weighted by Crippen LogP contribution is 2.22. The summed E-state index contributed by atoms with van der Waals surface area (Å²) in [5.74, 6) is -0.921. The average molecular weight is 216 g/mol. The third-order valence-electron chi connectivity index (χ3n) is 1.75. The lowest BCUT2D eigenvalue weighted by molar-refractivity contribution is 0.386. The minimum absolute atomic E-state index is 0.0147. The van der Waals surface area contributed by atoms with Crippen molar-refractivity contribution < 1.29 is 10.2 Å². The van der Waals surface area contributed by atoms with Crippen molar-refractivity contribution in [2.24, 2.45) is 10.2 Å². The van der Waals surface area contributed by atoms with Crippen LogP contribution in [0.1, 0.15) is 0 Å². The summed E-state index contributed by atoms with van der Waals surface area (Å²) in [6.45, 7) is 0. The van der Waals surface area contributed by atoms with Gasteiger partial charge >= 0.3 is 0 Å². The summed E-state index contributed by atoms with van der Waals surface area (Å²) < 4.78 is 0. The van der Waals surface area contributed by atoms with Crippen molar-refractivity contribution in [2.75, 3.05) is 0 Å². The molecule has 80 valence electrons. The van der Waals surface area contributed by atoms with E-state index in [-0.39, 0.29) is 5.95 Å². The quantitative estimate of drug-likeness (QED) is 0.753. The summed E-state index contributed by atoms with van der Waals surface area (Å²) in [7, 11) is 0. The molecule has 0 saturated heterocycles. The maximum absolute atomic E-state index is 9.09. The van der Waals surface area contributed by atoms with E-state index in [1.807, 2.05) is 18.2 Å². The molecule has 2 aromatic rings. The second-order valence-corrected chi connectivity index (χ2v) is 2.91. The van der Waals surface area contributed by atoms with Gasteiger partial charge in [0.1, 0.15) is 0 Å². The third-order valence-corrected chi connectivity index (χ3v) is 1.75. The highest BCUT2D eigenvalue weighted by molar-refractivity contribution is 5.36. The fourth-order valence-electron chi connectivity index (χ4n) is 1.00. The van der Waals surface area contributed by atoms with Crippen molar-refractivity contribution in [3.05, 3.63) is 36.5 Å². The number of rotatable bonds is 2. The van der Waals surface area contributed by atoms with Crippen LogP contribution in [0, 0.1) is 0 Å². The van der Waals surface area contributed by atoms with E-state index in [2.05, 4.69) is 20.2 Å². The summed E-state index contributed by atoms with van der Waals surface area (Å²) >= 11 is 0. The summed E-state index contributed by atoms with van der Waals surface area (Å²) in [4.78, 5) is 7.19. The van der Waals surface area contributed by atoms with Gasteiger partial charge in [-0.25, -0.2) is 4.98 Å². The van der Waals surface area contributed by atoms with Crippen molar-refractivity contribution >= 4 is 11.6 Å². The molecule has 0 aliphatic heterocycles. The molecule has 2 N–H and O–H groups in total. The Hall–Kier alpha value is -2.50. The first-order valence-corrected chi connectivity index (χ1v) is 4.47. The lowest BCUT2D eigenvalue weighted by Crippen LogP contribution is -1.80. The molecule has 0 amide bonds. The predicted molar refractivity (Wildman–Crippen MR) is 56.0 cm³/mol. The number of azo groups is 1. The van der Waals surface area contributed by atoms with E-state index in [0.29, 0.717) is 5.69 Å². The van der Waals surface area contributed by atoms with Crippen molar-refractivity contribution in [1.82, 2.24) is 9.97 Å². The minimum Gasteiger partial charge on any atom is -0.502 e. The molecule has 0 atom stereocenters. The monoisotopic (exact) mass is 216 g/mol. The van der Waals surface area contributed by atoms with E-state index < -0.39 is 11.6 Å². The van der Waals surface area contributed by atoms with Gasteiger partial charge in [-0.2, -0.15) is 4.98 Å². The molecule has 6 nitrogen and oxygen atoms in total. The van der Waals surface area contributed by atoms with Crippen LogP contribution in [0.2, 0.25) is 0 Å². The van der Waals surface area contributed by atoms with Crippen LogP contribution in [0.5, 0.6) is 11.6 Å². The first-order chi connectivity index (χ1) is 7.75. The molecule has 0 radical (unpaired) electrons. The number of aromatic nitrogens is 2. The van der Waals surface area contributed by atoms with E-state index in [9.17, 15) is 0 Å². The average Bonchev–Trinajstić information content (AvgIpc) is 2.32. The van der Waals surface area contributed by atoms with E-state index in [1.54, 1.807) is 12.1 Å². The van der Waals surface area contributed by atoms with Gasteiger partial charge in [-0.3, -0.25) is 0 Å². The van der Waals surface area contributed by atoms with Crippen molar-refractivity contribution in [2.45, 2.75) is 0 Å². The molecule has 1 aromatic heterocycles. The molecule has 0 saturated carbocycles. The van der Waals surface area contributed by atoms with Crippen LogP contribution in [-0.4, -0.2) is 20.2 Å². The Balaban J connectivity index is 2.21. The van der Waals surface area contributed by atoms with Crippen LogP contribution in [-0.2, 0) is 0 Å². The van der Waals surface area contributed by atoms with Crippen LogP contribution in [0.15, 0.2) is 46.8 Å². The molecule has 16 heavy (non-hydrogen) atoms. The van der Waals surface area contributed by atoms with Gasteiger partial charge in [0.15, 0.2) is 5.75 Å². The van der Waals surface area contributed by atoms with Crippen molar-refractivity contribution in [1.29, 1.82) is 0 Å². The van der Waals surface area contributed by atoms with Crippen molar-refractivity contribution in [3.63, 3.8) is 0 Å². The zero-order valence-electron chi connectivity index (χ0n) is 8.15. The minimum atomic E-state index is -0.517. The molecular formula is C10H8N4O2. The molecule has 6 heteroatoms. The van der Waals surface area contributed by atoms with Gasteiger partial charge in [0.25, 0.3) is 11.8 Å². The lowest BCUT2D eigenvalue weighted by Gasteiger charge is -1.95. The molecule has 0 spiro atoms. The Morgan fingerprint density at radius 2 is 1.75 bits per heavy atom. The van der Waals surface area contributed by atoms with Crippen LogP contribution in [0.3, 0.4) is 0 Å². The molecule has 0 fully saturated rings. The van der Waals surface area contributed by atoms with E-state index in [1.165, 1.54) is 0 Å². The summed E-state index contributed by atoms with van der Waals surface area (Å²) in [5, 5.41) is 25.6. The fraction of sp³-hybridized carbons (Fsp3) is 0. The summed E-state index contributed by atoms with van der Waals surface area (Å²) in [6.07, 6.45) is 1.06. The van der Waals surface area contributed by atoms with E-state index in [4.69, 9.17) is 10.2 Å². The molecule has 0 aliphatic rings. The molecule has 2 rings (SSSR count). The molecule has 1 aromatic carbocycles. The molecule has 0 bridgehead atoms. The highest BCUT2D eigenvalue weighted by Gasteiger charge is 2.02. The number of nitrogens with zero attached hydrogens (tertiary/aromatic N) is 4. The topological polar surface area (TPSA) is 91.0 Å². The van der Waals surface area contributed by atoms with Gasteiger partial charge in [0.2, 0.25) is 0 Å². The third kappa shape index (κ3) is 2.30. The zero-order valence-corrected chi connectivity index (χ0v) is 8.15. The van der Waals surface area contributed by atoms with Gasteiger partial charge in [-0.15, -0.1) is 10.2 Å². The van der Waals surface area contributed by atoms with Crippen LogP contribution in [0.4, 0.5) is 11.6 Å². The maximum atomic E-state index is 9.09. The lowest BCUT2D eigenvalue weighted by atomic mass is 10.3. The fourth-order valence-corrected chi connectivity index (χ4v) is 1.00. The largest absolute Gasteiger partial charge is 0.502 e. The first-order valence-electron chi connectivity index (χ1n) is 4.47. The molecule has 0 unspecified atom stereocenters. The molecule has 1 heterocycles. The predicted octanol–water partition coefficient (Wildman–Crippen LogP) is 2.30. The first kappa shape index (κ1) is 10.0. The van der Waals surface area contributed by atoms with Crippen molar-refractivity contribution in [3.8, 4) is 11.6 Å². The summed E-state index contributed by atoms with van der Waals surface area (Å²) in [6, 6.07) is 9.04.